The van der Waals surface area contributed by atoms with E-state index in [9.17, 15) is 0 Å². The number of hydrogen-bond donors (Lipinski definition) is 0. The van der Waals surface area contributed by atoms with Crippen LogP contribution in [-0.2, 0) is 5.41 Å². The van der Waals surface area contributed by atoms with Gasteiger partial charge in [0.1, 0.15) is 5.69 Å². The van der Waals surface area contributed by atoms with Gasteiger partial charge in [0.25, 0.3) is 0 Å². The van der Waals surface area contributed by atoms with Crippen molar-refractivity contribution in [3.8, 4) is 56.8 Å². The number of aromatic nitrogens is 8. The van der Waals surface area contributed by atoms with Crippen LogP contribution in [0.4, 0.5) is 0 Å². The molecule has 0 unspecified atom stereocenters. The van der Waals surface area contributed by atoms with E-state index >= 15 is 0 Å². The molecule has 28 rings (SSSR count). The molecule has 6 aromatic heterocycles. The first-order valence-electron chi connectivity index (χ1n) is 43.1. The highest BCUT2D eigenvalue weighted by Crippen LogP contribution is 2.54. The molecule has 21 aromatic carbocycles. The molecule has 1 aliphatic rings. The average Bonchev–Trinajstić information content (AvgIpc) is 1.54. The largest absolute Gasteiger partial charge is 0.309 e. The minimum Gasteiger partial charge on any atom is -0.309 e. The molecule has 0 spiro atoms. The van der Waals surface area contributed by atoms with Gasteiger partial charge in [0.05, 0.1) is 66.6 Å². The van der Waals surface area contributed by atoms with Crippen molar-refractivity contribution in [2.24, 2.45) is 0 Å². The van der Waals surface area contributed by atoms with E-state index in [4.69, 9.17) is 19.9 Å². The number of nitrogens with zero attached hydrogens (tertiary/aromatic N) is 8. The van der Waals surface area contributed by atoms with Crippen LogP contribution >= 0.6 is 0 Å². The van der Waals surface area contributed by atoms with Gasteiger partial charge in [-0.1, -0.05) is 347 Å². The molecule has 580 valence electrons. The van der Waals surface area contributed by atoms with Crippen LogP contribution in [0.15, 0.2) is 400 Å². The Kier molecular flexibility index (Phi) is 14.6. The molecule has 0 amide bonds. The van der Waals surface area contributed by atoms with Crippen LogP contribution in [0.1, 0.15) is 25.1 Å². The lowest BCUT2D eigenvalue weighted by atomic mass is 9.85. The van der Waals surface area contributed by atoms with Gasteiger partial charge < -0.3 is 9.13 Å². The molecule has 1 aliphatic carbocycles. The topological polar surface area (TPSA) is 71.3 Å². The highest BCUT2D eigenvalue weighted by Gasteiger charge is 2.41. The average molecular weight is 1590 g/mol. The van der Waals surface area contributed by atoms with Crippen LogP contribution < -0.4 is 0 Å². The molecule has 0 aliphatic heterocycles. The van der Waals surface area contributed by atoms with Gasteiger partial charge in [-0.15, -0.1) is 0 Å². The van der Waals surface area contributed by atoms with Crippen molar-refractivity contribution in [2.45, 2.75) is 19.3 Å². The van der Waals surface area contributed by atoms with Gasteiger partial charge in [0, 0.05) is 104 Å². The van der Waals surface area contributed by atoms with E-state index in [1.807, 2.05) is 0 Å². The quantitative estimate of drug-likeness (QED) is 0.156. The van der Waals surface area contributed by atoms with Gasteiger partial charge >= 0.3 is 0 Å². The molecule has 0 N–H and O–H groups in total. The molecule has 0 fully saturated rings. The van der Waals surface area contributed by atoms with Crippen molar-refractivity contribution in [1.29, 1.82) is 0 Å². The van der Waals surface area contributed by atoms with Gasteiger partial charge in [-0.05, 0) is 148 Å². The van der Waals surface area contributed by atoms with E-state index in [0.717, 1.165) is 117 Å². The smallest absolute Gasteiger partial charge is 0.235 e. The van der Waals surface area contributed by atoms with Crippen LogP contribution in [0, 0.1) is 0 Å². The highest BCUT2D eigenvalue weighted by molar-refractivity contribution is 6.39. The van der Waals surface area contributed by atoms with E-state index in [1.165, 1.54) is 141 Å². The standard InChI is InChI=1S/C59H38N4.C58H34N4/c1-59(2)48-26-14-12-25-46(48)54-55(36-29-30-43-42-23-13-15-27-49(42)62(51(43)34-36)37-17-4-3-5-18-37)60-58(61-57(54)59)63-50-33-32-45-41-22-9-8-20-39(41)40-21-10-11-24-44(40)52(45)53(50)47-31-28-35-16-6-7-19-38(35)56(47)63;1-2-17-37(18-3-1)61-49-27-13-12-25-45(49)52-46(26-14-28-50(52)61)56-58(59-48-33-30-35-15-4-6-19-38(35)55(48)60-56)62-51-34-32-44-42-23-9-8-21-40(42)41-22-10-11-24-43(41)53(44)54(51)47-31-29-36-16-5-7-20-39(36)57(47)62/h3-34H,1-2H3;1-34H. The lowest BCUT2D eigenvalue weighted by Crippen LogP contribution is -2.18. The van der Waals surface area contributed by atoms with E-state index in [0.29, 0.717) is 5.95 Å². The molecule has 6 heterocycles. The summed E-state index contributed by atoms with van der Waals surface area (Å²) < 4.78 is 9.58. The molecule has 27 aromatic rings. The van der Waals surface area contributed by atoms with Crippen molar-refractivity contribution < 1.29 is 0 Å². The van der Waals surface area contributed by atoms with Gasteiger partial charge in [-0.2, -0.15) is 0 Å². The normalized spacial score (nSPS) is 12.8. The molecular weight excluding hydrogens is 1520 g/mol. The number of rotatable bonds is 6. The fourth-order valence-corrected chi connectivity index (χ4v) is 22.0. The summed E-state index contributed by atoms with van der Waals surface area (Å²) in [5.74, 6) is 1.48. The van der Waals surface area contributed by atoms with Crippen molar-refractivity contribution in [3.05, 3.63) is 412 Å². The Hall–Kier alpha value is -16.4. The third-order valence-electron chi connectivity index (χ3n) is 27.3. The summed E-state index contributed by atoms with van der Waals surface area (Å²) in [7, 11) is 0. The molecule has 0 saturated carbocycles. The predicted molar refractivity (Wildman–Crippen MR) is 525 cm³/mol. The Bertz CT molecular complexity index is 9340. The van der Waals surface area contributed by atoms with E-state index < -0.39 is 0 Å². The molecule has 8 nitrogen and oxygen atoms in total. The van der Waals surface area contributed by atoms with E-state index in [2.05, 4.69) is 432 Å². The van der Waals surface area contributed by atoms with Crippen molar-refractivity contribution in [3.63, 3.8) is 0 Å². The molecule has 0 radical (unpaired) electrons. The zero-order valence-corrected chi connectivity index (χ0v) is 68.2. The number of para-hydroxylation sites is 4. The third-order valence-corrected chi connectivity index (χ3v) is 27.3. The number of hydrogen-bond acceptors (Lipinski definition) is 4. The lowest BCUT2D eigenvalue weighted by molar-refractivity contribution is 0.632. The lowest BCUT2D eigenvalue weighted by Gasteiger charge is -2.21. The first kappa shape index (κ1) is 69.4. The summed E-state index contributed by atoms with van der Waals surface area (Å²) in [4.78, 5) is 23.2. The first-order chi connectivity index (χ1) is 61.8. The van der Waals surface area contributed by atoms with E-state index in [1.54, 1.807) is 0 Å². The second-order valence-electron chi connectivity index (χ2n) is 34.1. The molecule has 0 saturated heterocycles. The maximum Gasteiger partial charge on any atom is 0.235 e. The molecule has 0 atom stereocenters. The Balaban J connectivity index is 0.000000130. The maximum absolute atomic E-state index is 5.83. The minimum absolute atomic E-state index is 0.371. The van der Waals surface area contributed by atoms with Crippen LogP contribution in [0.5, 0.6) is 0 Å². The summed E-state index contributed by atoms with van der Waals surface area (Å²) in [6.45, 7) is 4.64. The minimum atomic E-state index is -0.371. The van der Waals surface area contributed by atoms with Gasteiger partial charge in [-0.3, -0.25) is 9.13 Å². The summed E-state index contributed by atoms with van der Waals surface area (Å²) >= 11 is 0. The highest BCUT2D eigenvalue weighted by atomic mass is 15.2. The Morgan fingerprint density at radius 2 is 0.640 bits per heavy atom. The zero-order chi connectivity index (χ0) is 82.0. The number of benzene rings is 21. The van der Waals surface area contributed by atoms with Gasteiger partial charge in [0.2, 0.25) is 5.95 Å². The molecule has 125 heavy (non-hydrogen) atoms. The van der Waals surface area contributed by atoms with Crippen molar-refractivity contribution >= 4 is 195 Å². The van der Waals surface area contributed by atoms with Crippen molar-refractivity contribution in [1.82, 2.24) is 38.2 Å². The van der Waals surface area contributed by atoms with Gasteiger partial charge in [0.15, 0.2) is 5.82 Å². The second-order valence-corrected chi connectivity index (χ2v) is 34.1. The predicted octanol–water partition coefficient (Wildman–Crippen LogP) is 30.5. The first-order valence-corrected chi connectivity index (χ1v) is 43.1. The Morgan fingerprint density at radius 1 is 0.232 bits per heavy atom. The third kappa shape index (κ3) is 9.81. The fourth-order valence-electron chi connectivity index (χ4n) is 22.0. The number of fused-ring (bicyclic) bond motifs is 36. The summed E-state index contributed by atoms with van der Waals surface area (Å²) in [5.41, 5.74) is 21.1. The maximum atomic E-state index is 5.83. The summed E-state index contributed by atoms with van der Waals surface area (Å²) in [6, 6.07) is 146. The summed E-state index contributed by atoms with van der Waals surface area (Å²) in [6.07, 6.45) is 0. The van der Waals surface area contributed by atoms with Crippen molar-refractivity contribution in [2.75, 3.05) is 0 Å². The zero-order valence-electron chi connectivity index (χ0n) is 68.2. The second kappa shape index (κ2) is 26.3. The molecule has 8 heteroatoms. The Morgan fingerprint density at radius 3 is 1.24 bits per heavy atom. The van der Waals surface area contributed by atoms with Crippen LogP contribution in [0.2, 0.25) is 0 Å². The van der Waals surface area contributed by atoms with Crippen LogP contribution in [0.3, 0.4) is 0 Å². The Labute approximate surface area is 716 Å². The molecular formula is C117H72N8. The van der Waals surface area contributed by atoms with Gasteiger partial charge in [-0.25, -0.2) is 19.9 Å². The fraction of sp³-hybridized carbons (Fsp3) is 0.0256. The summed E-state index contributed by atoms with van der Waals surface area (Å²) in [5, 5.41) is 31.6. The van der Waals surface area contributed by atoms with E-state index in [-0.39, 0.29) is 5.41 Å². The molecule has 0 bridgehead atoms. The monoisotopic (exact) mass is 1590 g/mol. The SMILES string of the molecule is CC1(C)c2ccccc2-c2c(-c3ccc4c5ccccc5n(-c5ccccc5)c4c3)nc(-n3c4ccc5c6ccccc6c6ccccc6c5c4c4ccc5ccccc5c43)nc21.c1ccc(-n2c3ccccc3c3c(-c4nc5c(ccc6ccccc65)nc4-n4c5ccc6c7ccccc7c7ccccc7c6c5c5ccc6ccccc6c54)cccc32)cc1. The van der Waals surface area contributed by atoms with Crippen LogP contribution in [0.25, 0.3) is 252 Å². The van der Waals surface area contributed by atoms with Crippen LogP contribution in [-0.4, -0.2) is 38.2 Å².